The van der Waals surface area contributed by atoms with Gasteiger partial charge in [-0.1, -0.05) is 12.1 Å². The van der Waals surface area contributed by atoms with Crippen LogP contribution in [0.3, 0.4) is 0 Å². The third-order valence-electron chi connectivity index (χ3n) is 4.03. The van der Waals surface area contributed by atoms with Crippen molar-refractivity contribution in [2.75, 3.05) is 6.61 Å². The summed E-state index contributed by atoms with van der Waals surface area (Å²) in [6.07, 6.45) is -6.08. The number of hydrogen-bond acceptors (Lipinski definition) is 10. The third-order valence-corrected chi connectivity index (χ3v) is 4.92. The summed E-state index contributed by atoms with van der Waals surface area (Å²) < 4.78 is 33.6. The van der Waals surface area contributed by atoms with Gasteiger partial charge in [0.05, 0.1) is 3.57 Å². The van der Waals surface area contributed by atoms with Crippen molar-refractivity contribution in [3.05, 3.63) is 27.8 Å². The summed E-state index contributed by atoms with van der Waals surface area (Å²) in [4.78, 5) is 46.6. The van der Waals surface area contributed by atoms with Gasteiger partial charge in [-0.15, -0.1) is 0 Å². The zero-order chi connectivity index (χ0) is 23.1. The minimum atomic E-state index is -1.27. The molecule has 0 spiro atoms. The number of carbonyl (C=O) groups is 4. The molecular formula is C20H23IO10. The van der Waals surface area contributed by atoms with Crippen molar-refractivity contribution in [1.29, 1.82) is 0 Å². The molecule has 0 saturated carbocycles. The highest BCUT2D eigenvalue weighted by Crippen LogP contribution is 2.32. The van der Waals surface area contributed by atoms with Crippen LogP contribution >= 0.6 is 22.6 Å². The molecule has 1 aromatic carbocycles. The second-order valence-corrected chi connectivity index (χ2v) is 7.78. The largest absolute Gasteiger partial charge is 0.463 e. The van der Waals surface area contributed by atoms with Crippen LogP contribution in [-0.4, -0.2) is 61.2 Å². The monoisotopic (exact) mass is 550 g/mol. The molecule has 170 valence electrons. The number of hydrogen-bond donors (Lipinski definition) is 0. The molecule has 5 atom stereocenters. The Kier molecular flexibility index (Phi) is 9.04. The fraction of sp³-hybridized carbons (Fsp3) is 0.500. The van der Waals surface area contributed by atoms with Gasteiger partial charge in [-0.25, -0.2) is 0 Å². The van der Waals surface area contributed by atoms with Gasteiger partial charge >= 0.3 is 23.9 Å². The SMILES string of the molecule is CC(=O)OCC1O[C@@H](Oc2ccccc2I)C(OC(C)=O)[C@@H](OC(C)=O)[C@@H]1OC(C)=O. The molecule has 11 heteroatoms. The molecule has 0 amide bonds. The standard InChI is InChI=1S/C20H23IO10/c1-10(22)26-9-16-17(27-11(2)23)18(28-12(3)24)19(29-13(4)25)20(31-16)30-15-8-6-5-7-14(15)21/h5-8,16-20H,9H2,1-4H3/t16?,17-,18+,19?,20-/m1/s1. The Hall–Kier alpha value is -2.41. The van der Waals surface area contributed by atoms with Crippen molar-refractivity contribution >= 4 is 46.5 Å². The van der Waals surface area contributed by atoms with Crippen LogP contribution in [0, 0.1) is 3.57 Å². The predicted molar refractivity (Wildman–Crippen MR) is 112 cm³/mol. The molecule has 1 saturated heterocycles. The van der Waals surface area contributed by atoms with Crippen molar-refractivity contribution in [3.63, 3.8) is 0 Å². The summed E-state index contributed by atoms with van der Waals surface area (Å²) in [5, 5.41) is 0. The van der Waals surface area contributed by atoms with Gasteiger partial charge in [-0.3, -0.25) is 19.2 Å². The van der Waals surface area contributed by atoms with Gasteiger partial charge in [0.15, 0.2) is 12.2 Å². The van der Waals surface area contributed by atoms with E-state index in [1.807, 2.05) is 6.07 Å². The van der Waals surface area contributed by atoms with Crippen LogP contribution in [0.5, 0.6) is 5.75 Å². The number of benzene rings is 1. The summed E-state index contributed by atoms with van der Waals surface area (Å²) >= 11 is 2.05. The molecular weight excluding hydrogens is 527 g/mol. The first-order chi connectivity index (χ1) is 14.6. The van der Waals surface area contributed by atoms with E-state index in [4.69, 9.17) is 28.4 Å². The van der Waals surface area contributed by atoms with Crippen LogP contribution in [0.4, 0.5) is 0 Å². The molecule has 0 N–H and O–H groups in total. The molecule has 0 aromatic heterocycles. The van der Waals surface area contributed by atoms with Crippen LogP contribution in [0.25, 0.3) is 0 Å². The Morgan fingerprint density at radius 2 is 1.39 bits per heavy atom. The second kappa shape index (κ2) is 11.3. The molecule has 1 heterocycles. The van der Waals surface area contributed by atoms with Gasteiger partial charge in [0.1, 0.15) is 18.5 Å². The molecule has 1 aliphatic rings. The van der Waals surface area contributed by atoms with Gasteiger partial charge in [-0.2, -0.15) is 0 Å². The fourth-order valence-corrected chi connectivity index (χ4v) is 3.46. The van der Waals surface area contributed by atoms with Gasteiger partial charge in [0.25, 0.3) is 0 Å². The van der Waals surface area contributed by atoms with Gasteiger partial charge in [-0.05, 0) is 34.7 Å². The van der Waals surface area contributed by atoms with Crippen LogP contribution in [0.2, 0.25) is 0 Å². The van der Waals surface area contributed by atoms with E-state index in [-0.39, 0.29) is 6.61 Å². The lowest BCUT2D eigenvalue weighted by Crippen LogP contribution is -2.63. The summed E-state index contributed by atoms with van der Waals surface area (Å²) in [5.74, 6) is -2.27. The summed E-state index contributed by atoms with van der Waals surface area (Å²) in [7, 11) is 0. The molecule has 1 fully saturated rings. The molecule has 1 aliphatic heterocycles. The van der Waals surface area contributed by atoms with Crippen LogP contribution in [0.15, 0.2) is 24.3 Å². The molecule has 0 aliphatic carbocycles. The maximum Gasteiger partial charge on any atom is 0.303 e. The van der Waals surface area contributed by atoms with E-state index in [1.165, 1.54) is 13.8 Å². The highest BCUT2D eigenvalue weighted by Gasteiger charge is 2.53. The minimum absolute atomic E-state index is 0.316. The molecule has 2 rings (SSSR count). The molecule has 10 nitrogen and oxygen atoms in total. The Balaban J connectivity index is 2.46. The number of ether oxygens (including phenoxy) is 6. The summed E-state index contributed by atoms with van der Waals surface area (Å²) in [6.45, 7) is 4.37. The molecule has 2 unspecified atom stereocenters. The number of carbonyl (C=O) groups excluding carboxylic acids is 4. The molecule has 0 radical (unpaired) electrons. The topological polar surface area (TPSA) is 124 Å². The van der Waals surface area contributed by atoms with E-state index < -0.39 is 54.6 Å². The number of esters is 4. The Morgan fingerprint density at radius 1 is 0.839 bits per heavy atom. The van der Waals surface area contributed by atoms with Crippen molar-refractivity contribution in [3.8, 4) is 5.75 Å². The highest BCUT2D eigenvalue weighted by atomic mass is 127. The van der Waals surface area contributed by atoms with E-state index in [2.05, 4.69) is 22.6 Å². The Bertz CT molecular complexity index is 826. The second-order valence-electron chi connectivity index (χ2n) is 6.62. The summed E-state index contributed by atoms with van der Waals surface area (Å²) in [6, 6.07) is 7.02. The van der Waals surface area contributed by atoms with Crippen LogP contribution in [0.1, 0.15) is 27.7 Å². The number of para-hydroxylation sites is 1. The lowest BCUT2D eigenvalue weighted by Gasteiger charge is -2.44. The van der Waals surface area contributed by atoms with Crippen molar-refractivity contribution in [1.82, 2.24) is 0 Å². The maximum atomic E-state index is 11.8. The van der Waals surface area contributed by atoms with Crippen molar-refractivity contribution in [2.24, 2.45) is 0 Å². The lowest BCUT2D eigenvalue weighted by molar-refractivity contribution is -0.288. The number of halogens is 1. The maximum absolute atomic E-state index is 11.8. The van der Waals surface area contributed by atoms with Crippen LogP contribution in [-0.2, 0) is 42.9 Å². The first kappa shape index (κ1) is 24.9. The van der Waals surface area contributed by atoms with Crippen molar-refractivity contribution < 1.29 is 47.6 Å². The van der Waals surface area contributed by atoms with E-state index in [9.17, 15) is 19.2 Å². The van der Waals surface area contributed by atoms with E-state index >= 15 is 0 Å². The van der Waals surface area contributed by atoms with Gasteiger partial charge in [0, 0.05) is 27.7 Å². The highest BCUT2D eigenvalue weighted by molar-refractivity contribution is 14.1. The normalized spacial score (nSPS) is 25.1. The average Bonchev–Trinajstić information content (AvgIpc) is 2.65. The quantitative estimate of drug-likeness (QED) is 0.282. The molecule has 0 bridgehead atoms. The molecule has 31 heavy (non-hydrogen) atoms. The zero-order valence-electron chi connectivity index (χ0n) is 17.4. The lowest BCUT2D eigenvalue weighted by atomic mass is 9.98. The third kappa shape index (κ3) is 7.35. The van der Waals surface area contributed by atoms with Gasteiger partial charge < -0.3 is 28.4 Å². The Labute approximate surface area is 192 Å². The Morgan fingerprint density at radius 3 is 1.94 bits per heavy atom. The first-order valence-electron chi connectivity index (χ1n) is 9.30. The fourth-order valence-electron chi connectivity index (χ4n) is 2.95. The zero-order valence-corrected chi connectivity index (χ0v) is 19.5. The number of rotatable bonds is 7. The first-order valence-corrected chi connectivity index (χ1v) is 10.4. The van der Waals surface area contributed by atoms with Gasteiger partial charge in [0.2, 0.25) is 12.4 Å². The predicted octanol–water partition coefficient (Wildman–Crippen LogP) is 1.75. The van der Waals surface area contributed by atoms with E-state index in [0.29, 0.717) is 5.75 Å². The average molecular weight is 550 g/mol. The van der Waals surface area contributed by atoms with E-state index in [0.717, 1.165) is 17.4 Å². The molecule has 1 aromatic rings. The van der Waals surface area contributed by atoms with E-state index in [1.54, 1.807) is 18.2 Å². The van der Waals surface area contributed by atoms with Crippen LogP contribution < -0.4 is 4.74 Å². The smallest absolute Gasteiger partial charge is 0.303 e. The van der Waals surface area contributed by atoms with Crippen molar-refractivity contribution in [2.45, 2.75) is 58.4 Å². The summed E-state index contributed by atoms with van der Waals surface area (Å²) in [5.41, 5.74) is 0. The minimum Gasteiger partial charge on any atom is -0.463 e.